The monoisotopic (exact) mass is 336 g/mol. The lowest BCUT2D eigenvalue weighted by molar-refractivity contribution is 0.399. The van der Waals surface area contributed by atoms with Crippen LogP contribution in [-0.2, 0) is 6.42 Å². The number of methoxy groups -OCH3 is 2. The molecule has 3 aromatic rings. The Morgan fingerprint density at radius 2 is 1.96 bits per heavy atom. The third-order valence-corrected chi connectivity index (χ3v) is 3.78. The van der Waals surface area contributed by atoms with Crippen molar-refractivity contribution in [2.24, 2.45) is 0 Å². The summed E-state index contributed by atoms with van der Waals surface area (Å²) in [6.07, 6.45) is 6.03. The van der Waals surface area contributed by atoms with E-state index in [1.165, 1.54) is 0 Å². The molecule has 6 heteroatoms. The van der Waals surface area contributed by atoms with E-state index in [2.05, 4.69) is 20.3 Å². The van der Waals surface area contributed by atoms with Crippen LogP contribution in [0.1, 0.15) is 5.56 Å². The third-order valence-electron chi connectivity index (χ3n) is 3.78. The molecule has 0 unspecified atom stereocenters. The number of nitrogens with zero attached hydrogens (tertiary/aromatic N) is 3. The van der Waals surface area contributed by atoms with Crippen LogP contribution in [0.25, 0.3) is 11.3 Å². The van der Waals surface area contributed by atoms with E-state index < -0.39 is 0 Å². The third kappa shape index (κ3) is 4.23. The van der Waals surface area contributed by atoms with Crippen molar-refractivity contribution in [3.05, 3.63) is 60.6 Å². The highest BCUT2D eigenvalue weighted by Crippen LogP contribution is 2.24. The van der Waals surface area contributed by atoms with E-state index in [-0.39, 0.29) is 0 Å². The van der Waals surface area contributed by atoms with E-state index in [1.54, 1.807) is 32.8 Å². The van der Waals surface area contributed by atoms with E-state index >= 15 is 0 Å². The quantitative estimate of drug-likeness (QED) is 0.714. The second-order valence-corrected chi connectivity index (χ2v) is 5.36. The van der Waals surface area contributed by atoms with Gasteiger partial charge in [0.25, 0.3) is 0 Å². The number of hydrogen-bond donors (Lipinski definition) is 1. The highest BCUT2D eigenvalue weighted by Gasteiger charge is 2.06. The van der Waals surface area contributed by atoms with Crippen molar-refractivity contribution in [2.75, 3.05) is 26.1 Å². The SMILES string of the molecule is COc1ccc(OC)c(CCNc2nccc(-c3cccnc3)n2)c1. The first-order valence-electron chi connectivity index (χ1n) is 7.98. The molecule has 0 aliphatic heterocycles. The first-order chi connectivity index (χ1) is 12.3. The maximum atomic E-state index is 5.40. The lowest BCUT2D eigenvalue weighted by Crippen LogP contribution is -2.09. The van der Waals surface area contributed by atoms with Gasteiger partial charge in [0.1, 0.15) is 11.5 Å². The fraction of sp³-hybridized carbons (Fsp3) is 0.211. The van der Waals surface area contributed by atoms with Crippen LogP contribution in [0, 0.1) is 0 Å². The maximum absolute atomic E-state index is 5.40. The van der Waals surface area contributed by atoms with Crippen LogP contribution in [0.2, 0.25) is 0 Å². The molecule has 1 N–H and O–H groups in total. The summed E-state index contributed by atoms with van der Waals surface area (Å²) in [5, 5.41) is 3.25. The Bertz CT molecular complexity index is 825. The number of anilines is 1. The van der Waals surface area contributed by atoms with Crippen LogP contribution in [0.4, 0.5) is 5.95 Å². The Hall–Kier alpha value is -3.15. The van der Waals surface area contributed by atoms with Crippen LogP contribution in [0.5, 0.6) is 11.5 Å². The van der Waals surface area contributed by atoms with Gasteiger partial charge in [-0.05, 0) is 48.4 Å². The minimum atomic E-state index is 0.586. The molecule has 25 heavy (non-hydrogen) atoms. The van der Waals surface area contributed by atoms with Gasteiger partial charge in [-0.1, -0.05) is 0 Å². The zero-order chi connectivity index (χ0) is 17.5. The normalized spacial score (nSPS) is 10.3. The smallest absolute Gasteiger partial charge is 0.223 e. The molecule has 0 radical (unpaired) electrons. The van der Waals surface area contributed by atoms with E-state index in [1.807, 2.05) is 36.4 Å². The molecule has 0 spiro atoms. The van der Waals surface area contributed by atoms with E-state index in [4.69, 9.17) is 9.47 Å². The highest BCUT2D eigenvalue weighted by molar-refractivity contribution is 5.58. The molecule has 128 valence electrons. The van der Waals surface area contributed by atoms with Crippen LogP contribution in [0.3, 0.4) is 0 Å². The molecular weight excluding hydrogens is 316 g/mol. The molecule has 2 heterocycles. The fourth-order valence-electron chi connectivity index (χ4n) is 2.51. The highest BCUT2D eigenvalue weighted by atomic mass is 16.5. The van der Waals surface area contributed by atoms with Crippen molar-refractivity contribution in [1.82, 2.24) is 15.0 Å². The van der Waals surface area contributed by atoms with Gasteiger partial charge in [-0.15, -0.1) is 0 Å². The van der Waals surface area contributed by atoms with Gasteiger partial charge in [-0.3, -0.25) is 4.98 Å². The van der Waals surface area contributed by atoms with Crippen molar-refractivity contribution >= 4 is 5.95 Å². The van der Waals surface area contributed by atoms with Gasteiger partial charge in [0.05, 0.1) is 19.9 Å². The van der Waals surface area contributed by atoms with Crippen LogP contribution >= 0.6 is 0 Å². The molecular formula is C19H20N4O2. The summed E-state index contributed by atoms with van der Waals surface area (Å²) < 4.78 is 10.7. The van der Waals surface area contributed by atoms with E-state index in [0.29, 0.717) is 12.5 Å². The molecule has 0 aliphatic rings. The van der Waals surface area contributed by atoms with E-state index in [9.17, 15) is 0 Å². The first-order valence-corrected chi connectivity index (χ1v) is 7.98. The molecule has 6 nitrogen and oxygen atoms in total. The minimum Gasteiger partial charge on any atom is -0.497 e. The van der Waals surface area contributed by atoms with Crippen molar-refractivity contribution in [3.8, 4) is 22.8 Å². The van der Waals surface area contributed by atoms with Gasteiger partial charge < -0.3 is 14.8 Å². The standard InChI is InChI=1S/C19H20N4O2/c1-24-16-5-6-18(25-2)14(12-16)7-10-21-19-22-11-8-17(23-19)15-4-3-9-20-13-15/h3-6,8-9,11-13H,7,10H2,1-2H3,(H,21,22,23). The van der Waals surface area contributed by atoms with Crippen LogP contribution in [0.15, 0.2) is 55.0 Å². The molecule has 0 saturated heterocycles. The van der Waals surface area contributed by atoms with Crippen molar-refractivity contribution in [3.63, 3.8) is 0 Å². The minimum absolute atomic E-state index is 0.586. The topological polar surface area (TPSA) is 69.2 Å². The average molecular weight is 336 g/mol. The zero-order valence-electron chi connectivity index (χ0n) is 14.3. The second-order valence-electron chi connectivity index (χ2n) is 5.36. The van der Waals surface area contributed by atoms with E-state index in [0.717, 1.165) is 34.7 Å². The molecule has 2 aromatic heterocycles. The number of ether oxygens (including phenoxy) is 2. The van der Waals surface area contributed by atoms with Crippen molar-refractivity contribution in [2.45, 2.75) is 6.42 Å². The summed E-state index contributed by atoms with van der Waals surface area (Å²) in [5.74, 6) is 2.24. The van der Waals surface area contributed by atoms with Crippen LogP contribution in [-0.4, -0.2) is 35.7 Å². The molecule has 0 saturated carbocycles. The summed E-state index contributed by atoms with van der Waals surface area (Å²) in [7, 11) is 3.32. The van der Waals surface area contributed by atoms with Crippen molar-refractivity contribution < 1.29 is 9.47 Å². The van der Waals surface area contributed by atoms with Crippen molar-refractivity contribution in [1.29, 1.82) is 0 Å². The molecule has 3 rings (SSSR count). The van der Waals surface area contributed by atoms with Crippen LogP contribution < -0.4 is 14.8 Å². The second kappa shape index (κ2) is 8.10. The Balaban J connectivity index is 1.67. The van der Waals surface area contributed by atoms with Gasteiger partial charge in [-0.2, -0.15) is 0 Å². The van der Waals surface area contributed by atoms with Gasteiger partial charge in [0.2, 0.25) is 5.95 Å². The summed E-state index contributed by atoms with van der Waals surface area (Å²) in [6, 6.07) is 11.5. The number of nitrogens with one attached hydrogen (secondary N) is 1. The number of rotatable bonds is 7. The predicted molar refractivity (Wildman–Crippen MR) is 97.0 cm³/mol. The Kier molecular flexibility index (Phi) is 5.41. The number of pyridine rings is 1. The van der Waals surface area contributed by atoms with Gasteiger partial charge in [0.15, 0.2) is 0 Å². The predicted octanol–water partition coefficient (Wildman–Crippen LogP) is 3.21. The molecule has 0 fully saturated rings. The van der Waals surface area contributed by atoms with Gasteiger partial charge in [0, 0.05) is 30.7 Å². The summed E-state index contributed by atoms with van der Waals surface area (Å²) in [6.45, 7) is 0.681. The summed E-state index contributed by atoms with van der Waals surface area (Å²) >= 11 is 0. The molecule has 0 bridgehead atoms. The average Bonchev–Trinajstić information content (AvgIpc) is 2.69. The Morgan fingerprint density at radius 3 is 2.72 bits per heavy atom. The first kappa shape index (κ1) is 16.7. The zero-order valence-corrected chi connectivity index (χ0v) is 14.3. The number of aromatic nitrogens is 3. The van der Waals surface area contributed by atoms with Gasteiger partial charge in [-0.25, -0.2) is 9.97 Å². The largest absolute Gasteiger partial charge is 0.497 e. The molecule has 0 amide bonds. The Morgan fingerprint density at radius 1 is 1.04 bits per heavy atom. The Labute approximate surface area is 146 Å². The van der Waals surface area contributed by atoms with Gasteiger partial charge >= 0.3 is 0 Å². The summed E-state index contributed by atoms with van der Waals surface area (Å²) in [4.78, 5) is 12.9. The summed E-state index contributed by atoms with van der Waals surface area (Å²) in [5.41, 5.74) is 2.87. The molecule has 0 atom stereocenters. The number of benzene rings is 1. The fourth-order valence-corrected chi connectivity index (χ4v) is 2.51. The maximum Gasteiger partial charge on any atom is 0.223 e. The lowest BCUT2D eigenvalue weighted by Gasteiger charge is -2.11. The lowest BCUT2D eigenvalue weighted by atomic mass is 10.1. The number of hydrogen-bond acceptors (Lipinski definition) is 6. The molecule has 1 aromatic carbocycles. The molecule has 0 aliphatic carbocycles.